The van der Waals surface area contributed by atoms with Crippen molar-refractivity contribution in [1.82, 2.24) is 0 Å². The number of nitrogens with zero attached hydrogens (tertiary/aromatic N) is 2. The molecular weight excluding hydrogens is 196 g/mol. The Kier molecular flexibility index (Phi) is 4.45. The maximum Gasteiger partial charge on any atom is 0.0511 e. The van der Waals surface area contributed by atoms with Gasteiger partial charge in [0, 0.05) is 24.9 Å². The largest absolute Gasteiger partial charge is 0.300 e. The van der Waals surface area contributed by atoms with E-state index in [0.29, 0.717) is 12.0 Å². The minimum atomic E-state index is 0.159. The van der Waals surface area contributed by atoms with Crippen LogP contribution in [0.2, 0.25) is 0 Å². The van der Waals surface area contributed by atoms with E-state index in [9.17, 15) is 0 Å². The van der Waals surface area contributed by atoms with Gasteiger partial charge in [0.25, 0.3) is 0 Å². The first-order valence-corrected chi connectivity index (χ1v) is 6.16. The second-order valence-electron chi connectivity index (χ2n) is 5.06. The molecule has 0 aromatic heterocycles. The van der Waals surface area contributed by atoms with Crippen molar-refractivity contribution in [2.45, 2.75) is 46.6 Å². The van der Waals surface area contributed by atoms with Crippen molar-refractivity contribution in [2.75, 3.05) is 7.05 Å². The molecule has 1 rings (SSSR count). The van der Waals surface area contributed by atoms with Gasteiger partial charge in [0.1, 0.15) is 0 Å². The summed E-state index contributed by atoms with van der Waals surface area (Å²) in [6, 6.07) is 0.372. The van der Waals surface area contributed by atoms with E-state index in [4.69, 9.17) is 0 Å². The third-order valence-corrected chi connectivity index (χ3v) is 3.82. The Morgan fingerprint density at radius 3 is 2.88 bits per heavy atom. The van der Waals surface area contributed by atoms with Crippen molar-refractivity contribution < 1.29 is 0 Å². The standard InChI is InChI=1S/C14H24N2/c1-6-14(4,10-15-5)13-8-7-11(2)9-16-12(13)3/h7,9-10,12-13H,6,8H2,1-5H3/t12?,13-,14?/m0/s1. The number of hydrogen-bond donors (Lipinski definition) is 0. The molecule has 0 bridgehead atoms. The molecule has 0 radical (unpaired) electrons. The van der Waals surface area contributed by atoms with Gasteiger partial charge in [0.2, 0.25) is 0 Å². The van der Waals surface area contributed by atoms with E-state index >= 15 is 0 Å². The van der Waals surface area contributed by atoms with Crippen molar-refractivity contribution in [3.63, 3.8) is 0 Å². The summed E-state index contributed by atoms with van der Waals surface area (Å²) in [6.07, 6.45) is 8.63. The van der Waals surface area contributed by atoms with Gasteiger partial charge in [0.15, 0.2) is 0 Å². The molecule has 0 amide bonds. The summed E-state index contributed by atoms with van der Waals surface area (Å²) in [5, 5.41) is 0. The highest BCUT2D eigenvalue weighted by atomic mass is 14.8. The zero-order valence-corrected chi connectivity index (χ0v) is 11.2. The first-order valence-electron chi connectivity index (χ1n) is 6.16. The van der Waals surface area contributed by atoms with E-state index in [1.807, 2.05) is 13.3 Å². The van der Waals surface area contributed by atoms with Gasteiger partial charge in [-0.05, 0) is 38.2 Å². The van der Waals surface area contributed by atoms with Crippen molar-refractivity contribution in [2.24, 2.45) is 21.3 Å². The Labute approximate surface area is 99.6 Å². The van der Waals surface area contributed by atoms with Gasteiger partial charge in [-0.15, -0.1) is 0 Å². The van der Waals surface area contributed by atoms with Gasteiger partial charge in [0.05, 0.1) is 6.04 Å². The fourth-order valence-corrected chi connectivity index (χ4v) is 2.47. The summed E-state index contributed by atoms with van der Waals surface area (Å²) in [5.74, 6) is 0.551. The Bertz CT molecular complexity index is 315. The van der Waals surface area contributed by atoms with E-state index in [0.717, 1.165) is 12.8 Å². The molecule has 2 heteroatoms. The molecule has 1 aliphatic heterocycles. The summed E-state index contributed by atoms with van der Waals surface area (Å²) in [6.45, 7) is 8.87. The van der Waals surface area contributed by atoms with Crippen LogP contribution in [-0.4, -0.2) is 25.5 Å². The molecule has 1 aliphatic rings. The van der Waals surface area contributed by atoms with E-state index in [-0.39, 0.29) is 5.41 Å². The zero-order chi connectivity index (χ0) is 12.2. The maximum atomic E-state index is 4.63. The van der Waals surface area contributed by atoms with Crippen LogP contribution in [0.25, 0.3) is 0 Å². The molecule has 0 fully saturated rings. The van der Waals surface area contributed by atoms with Crippen LogP contribution in [0.15, 0.2) is 21.6 Å². The molecule has 0 saturated carbocycles. The fourth-order valence-electron chi connectivity index (χ4n) is 2.47. The molecule has 1 heterocycles. The van der Waals surface area contributed by atoms with Crippen LogP contribution in [0.3, 0.4) is 0 Å². The second kappa shape index (κ2) is 5.42. The lowest BCUT2D eigenvalue weighted by molar-refractivity contribution is 0.247. The Morgan fingerprint density at radius 1 is 1.62 bits per heavy atom. The van der Waals surface area contributed by atoms with Crippen LogP contribution >= 0.6 is 0 Å². The van der Waals surface area contributed by atoms with E-state index in [2.05, 4.69) is 50.0 Å². The molecule has 3 atom stereocenters. The second-order valence-corrected chi connectivity index (χ2v) is 5.06. The third-order valence-electron chi connectivity index (χ3n) is 3.82. The molecule has 16 heavy (non-hydrogen) atoms. The number of rotatable bonds is 3. The van der Waals surface area contributed by atoms with Crippen molar-refractivity contribution in [1.29, 1.82) is 0 Å². The lowest BCUT2D eigenvalue weighted by Gasteiger charge is -2.35. The molecule has 0 aromatic rings. The van der Waals surface area contributed by atoms with Gasteiger partial charge < -0.3 is 4.99 Å². The summed E-state index contributed by atoms with van der Waals surface area (Å²) >= 11 is 0. The highest BCUT2D eigenvalue weighted by molar-refractivity contribution is 5.78. The first-order chi connectivity index (χ1) is 7.53. The quantitative estimate of drug-likeness (QED) is 0.650. The topological polar surface area (TPSA) is 24.7 Å². The normalized spacial score (nSPS) is 29.9. The van der Waals surface area contributed by atoms with Gasteiger partial charge in [-0.25, -0.2) is 0 Å². The van der Waals surface area contributed by atoms with Gasteiger partial charge in [-0.2, -0.15) is 0 Å². The predicted octanol–water partition coefficient (Wildman–Crippen LogP) is 3.53. The number of allylic oxidation sites excluding steroid dienone is 2. The average molecular weight is 220 g/mol. The smallest absolute Gasteiger partial charge is 0.0511 e. The zero-order valence-electron chi connectivity index (χ0n) is 11.2. The average Bonchev–Trinajstić information content (AvgIpc) is 2.42. The fraction of sp³-hybridized carbons (Fsp3) is 0.714. The summed E-state index contributed by atoms with van der Waals surface area (Å²) in [4.78, 5) is 8.87. The SMILES string of the molecule is CCC(C)(C=NC)[C@H]1CC=C(C)C=NC1C. The molecule has 0 spiro atoms. The van der Waals surface area contributed by atoms with Crippen LogP contribution in [0, 0.1) is 11.3 Å². The molecule has 0 aromatic carbocycles. The Balaban J connectivity index is 2.97. The van der Waals surface area contributed by atoms with Crippen molar-refractivity contribution >= 4 is 12.4 Å². The molecule has 2 nitrogen and oxygen atoms in total. The summed E-state index contributed by atoms with van der Waals surface area (Å²) in [7, 11) is 1.86. The lowest BCUT2D eigenvalue weighted by Crippen LogP contribution is -2.34. The van der Waals surface area contributed by atoms with Crippen molar-refractivity contribution in [3.8, 4) is 0 Å². The maximum absolute atomic E-state index is 4.63. The molecular formula is C14H24N2. The predicted molar refractivity (Wildman–Crippen MR) is 72.6 cm³/mol. The lowest BCUT2D eigenvalue weighted by atomic mass is 9.71. The molecule has 0 aliphatic carbocycles. The van der Waals surface area contributed by atoms with E-state index in [1.165, 1.54) is 5.57 Å². The van der Waals surface area contributed by atoms with Crippen LogP contribution in [-0.2, 0) is 0 Å². The van der Waals surface area contributed by atoms with Crippen molar-refractivity contribution in [3.05, 3.63) is 11.6 Å². The third kappa shape index (κ3) is 2.81. The number of aliphatic imine (C=N–C) groups is 2. The monoisotopic (exact) mass is 220 g/mol. The van der Waals surface area contributed by atoms with Gasteiger partial charge in [-0.3, -0.25) is 4.99 Å². The molecule has 90 valence electrons. The summed E-state index contributed by atoms with van der Waals surface area (Å²) < 4.78 is 0. The van der Waals surface area contributed by atoms with Crippen LogP contribution in [0.5, 0.6) is 0 Å². The minimum Gasteiger partial charge on any atom is -0.300 e. The Morgan fingerprint density at radius 2 is 2.31 bits per heavy atom. The highest BCUT2D eigenvalue weighted by Gasteiger charge is 2.34. The molecule has 0 saturated heterocycles. The van der Waals surface area contributed by atoms with Crippen LogP contribution in [0.4, 0.5) is 0 Å². The number of hydrogen-bond acceptors (Lipinski definition) is 2. The summed E-state index contributed by atoms with van der Waals surface area (Å²) in [5.41, 5.74) is 1.44. The molecule has 0 N–H and O–H groups in total. The Hall–Kier alpha value is -0.920. The van der Waals surface area contributed by atoms with Gasteiger partial charge >= 0.3 is 0 Å². The van der Waals surface area contributed by atoms with Crippen LogP contribution < -0.4 is 0 Å². The highest BCUT2D eigenvalue weighted by Crippen LogP contribution is 2.36. The molecule has 2 unspecified atom stereocenters. The van der Waals surface area contributed by atoms with E-state index < -0.39 is 0 Å². The van der Waals surface area contributed by atoms with E-state index in [1.54, 1.807) is 0 Å². The van der Waals surface area contributed by atoms with Gasteiger partial charge in [-0.1, -0.05) is 19.9 Å². The van der Waals surface area contributed by atoms with Crippen LogP contribution in [0.1, 0.15) is 40.5 Å². The first kappa shape index (κ1) is 13.1. The minimum absolute atomic E-state index is 0.159.